The van der Waals surface area contributed by atoms with Gasteiger partial charge >= 0.3 is 6.18 Å². The fraction of sp³-hybridized carbons (Fsp3) is 0.190. The molecule has 6 nitrogen and oxygen atoms in total. The van der Waals surface area contributed by atoms with Crippen LogP contribution in [-0.4, -0.2) is 19.7 Å². The summed E-state index contributed by atoms with van der Waals surface area (Å²) in [4.78, 5) is 8.62. The van der Waals surface area contributed by atoms with Gasteiger partial charge in [-0.3, -0.25) is 0 Å². The van der Waals surface area contributed by atoms with Gasteiger partial charge in [-0.2, -0.15) is 18.2 Å². The fourth-order valence-corrected chi connectivity index (χ4v) is 3.43. The number of ether oxygens (including phenoxy) is 1. The average Bonchev–Trinajstić information content (AvgIpc) is 3.40. The summed E-state index contributed by atoms with van der Waals surface area (Å²) >= 11 is 0. The molecule has 1 atom stereocenters. The van der Waals surface area contributed by atoms with Crippen molar-refractivity contribution in [1.82, 2.24) is 19.7 Å². The van der Waals surface area contributed by atoms with Crippen molar-refractivity contribution in [2.24, 2.45) is 0 Å². The maximum absolute atomic E-state index is 13.2. The van der Waals surface area contributed by atoms with Gasteiger partial charge in [0.15, 0.2) is 5.69 Å². The van der Waals surface area contributed by atoms with Crippen LogP contribution in [0.2, 0.25) is 0 Å². The van der Waals surface area contributed by atoms with Gasteiger partial charge in [0.1, 0.15) is 11.9 Å². The molecule has 158 valence electrons. The van der Waals surface area contributed by atoms with Crippen molar-refractivity contribution in [3.05, 3.63) is 77.5 Å². The second-order valence-corrected chi connectivity index (χ2v) is 7.04. The first-order chi connectivity index (χ1) is 14.9. The topological polar surface area (TPSA) is 66.0 Å². The van der Waals surface area contributed by atoms with E-state index in [-0.39, 0.29) is 30.2 Å². The minimum absolute atomic E-state index is 0.146. The van der Waals surface area contributed by atoms with Crippen molar-refractivity contribution >= 4 is 0 Å². The van der Waals surface area contributed by atoms with E-state index in [0.29, 0.717) is 17.8 Å². The molecule has 0 fully saturated rings. The lowest BCUT2D eigenvalue weighted by Gasteiger charge is -2.25. The molecule has 0 radical (unpaired) electrons. The molecule has 2 aromatic carbocycles. The lowest BCUT2D eigenvalue weighted by atomic mass is 10.1. The molecule has 4 aromatic rings. The number of hydrogen-bond donors (Lipinski definition) is 0. The van der Waals surface area contributed by atoms with Crippen molar-refractivity contribution in [1.29, 1.82) is 0 Å². The Balaban J connectivity index is 1.37. The Hall–Kier alpha value is -3.53. The van der Waals surface area contributed by atoms with E-state index in [1.807, 2.05) is 4.57 Å². The summed E-state index contributed by atoms with van der Waals surface area (Å²) in [5.41, 5.74) is 1.67. The number of rotatable bonds is 3. The van der Waals surface area contributed by atoms with Gasteiger partial charge in [0.2, 0.25) is 5.82 Å². The summed E-state index contributed by atoms with van der Waals surface area (Å²) in [7, 11) is 0. The van der Waals surface area contributed by atoms with E-state index in [9.17, 15) is 17.6 Å². The molecule has 5 rings (SSSR count). The van der Waals surface area contributed by atoms with Gasteiger partial charge in [0, 0.05) is 5.56 Å². The van der Waals surface area contributed by atoms with Crippen LogP contribution in [0.1, 0.15) is 22.9 Å². The summed E-state index contributed by atoms with van der Waals surface area (Å²) in [6.45, 7) is 0.712. The second-order valence-electron chi connectivity index (χ2n) is 7.04. The van der Waals surface area contributed by atoms with E-state index in [1.165, 1.54) is 24.3 Å². The number of nitrogens with zero attached hydrogens (tertiary/aromatic N) is 4. The van der Waals surface area contributed by atoms with Gasteiger partial charge in [-0.25, -0.2) is 9.37 Å². The van der Waals surface area contributed by atoms with Crippen LogP contribution in [0.4, 0.5) is 17.6 Å². The summed E-state index contributed by atoms with van der Waals surface area (Å²) in [6.07, 6.45) is -3.03. The third kappa shape index (κ3) is 3.70. The molecule has 31 heavy (non-hydrogen) atoms. The number of aromatic nitrogens is 4. The lowest BCUT2D eigenvalue weighted by molar-refractivity contribution is -0.137. The number of benzene rings is 2. The van der Waals surface area contributed by atoms with Crippen molar-refractivity contribution in [2.75, 3.05) is 0 Å². The maximum atomic E-state index is 13.2. The molecule has 0 bridgehead atoms. The molecule has 1 unspecified atom stereocenters. The fourth-order valence-electron chi connectivity index (χ4n) is 3.43. The first kappa shape index (κ1) is 19.4. The van der Waals surface area contributed by atoms with Crippen LogP contribution in [-0.2, 0) is 24.1 Å². The minimum atomic E-state index is -4.41. The van der Waals surface area contributed by atoms with Crippen LogP contribution >= 0.6 is 0 Å². The molecular formula is C21H14F4N4O2. The van der Waals surface area contributed by atoms with E-state index < -0.39 is 11.7 Å². The maximum Gasteiger partial charge on any atom is 0.416 e. The summed E-state index contributed by atoms with van der Waals surface area (Å²) < 4.78 is 64.5. The van der Waals surface area contributed by atoms with Crippen LogP contribution in [0.25, 0.3) is 23.0 Å². The third-order valence-electron chi connectivity index (χ3n) is 5.07. The highest BCUT2D eigenvalue weighted by molar-refractivity contribution is 5.59. The molecule has 2 aromatic heterocycles. The molecule has 1 aliphatic heterocycles. The standard InChI is InChI=1S/C21H14F4N4O2/c22-15-7-3-12(4-8-15)17-9-29-11-26-18(16(29)10-30-17)20-27-19(28-31-20)13-1-5-14(6-2-13)21(23,24)25/h1-8,11,17H,9-10H2. The Kier molecular flexibility index (Phi) is 4.58. The van der Waals surface area contributed by atoms with E-state index >= 15 is 0 Å². The van der Waals surface area contributed by atoms with Gasteiger partial charge in [-0.15, -0.1) is 0 Å². The van der Waals surface area contributed by atoms with Gasteiger partial charge in [-0.05, 0) is 29.8 Å². The van der Waals surface area contributed by atoms with E-state index in [2.05, 4.69) is 15.1 Å². The predicted molar refractivity (Wildman–Crippen MR) is 99.9 cm³/mol. The van der Waals surface area contributed by atoms with Crippen molar-refractivity contribution in [3.63, 3.8) is 0 Å². The Labute approximate surface area is 173 Å². The van der Waals surface area contributed by atoms with Crippen LogP contribution in [0, 0.1) is 5.82 Å². The molecule has 0 N–H and O–H groups in total. The Morgan fingerprint density at radius 1 is 1.00 bits per heavy atom. The largest absolute Gasteiger partial charge is 0.416 e. The van der Waals surface area contributed by atoms with Gasteiger partial charge in [0.05, 0.1) is 30.7 Å². The first-order valence-corrected chi connectivity index (χ1v) is 9.31. The van der Waals surface area contributed by atoms with Gasteiger partial charge in [-0.1, -0.05) is 29.4 Å². The van der Waals surface area contributed by atoms with Crippen LogP contribution in [0.5, 0.6) is 0 Å². The number of fused-ring (bicyclic) bond motifs is 1. The quantitative estimate of drug-likeness (QED) is 0.427. The minimum Gasteiger partial charge on any atom is -0.365 e. The summed E-state index contributed by atoms with van der Waals surface area (Å²) in [6, 6.07) is 10.6. The number of alkyl halides is 3. The van der Waals surface area contributed by atoms with Crippen LogP contribution in [0.15, 0.2) is 59.4 Å². The number of hydrogen-bond acceptors (Lipinski definition) is 5. The molecule has 0 spiro atoms. The smallest absolute Gasteiger partial charge is 0.365 e. The van der Waals surface area contributed by atoms with Gasteiger partial charge in [0.25, 0.3) is 5.89 Å². The highest BCUT2D eigenvalue weighted by atomic mass is 19.4. The zero-order valence-electron chi connectivity index (χ0n) is 15.8. The Morgan fingerprint density at radius 2 is 1.74 bits per heavy atom. The van der Waals surface area contributed by atoms with Gasteiger partial charge < -0.3 is 13.8 Å². The zero-order valence-corrected chi connectivity index (χ0v) is 15.8. The van der Waals surface area contributed by atoms with Crippen LogP contribution in [0.3, 0.4) is 0 Å². The average molecular weight is 430 g/mol. The highest BCUT2D eigenvalue weighted by Crippen LogP contribution is 2.33. The first-order valence-electron chi connectivity index (χ1n) is 9.31. The SMILES string of the molecule is Fc1ccc(C2Cn3cnc(-c4nc(-c5ccc(C(F)(F)F)cc5)no4)c3CO2)cc1. The van der Waals surface area contributed by atoms with Crippen LogP contribution < -0.4 is 0 Å². The Morgan fingerprint density at radius 3 is 2.45 bits per heavy atom. The van der Waals surface area contributed by atoms with E-state index in [0.717, 1.165) is 23.4 Å². The number of halogens is 4. The van der Waals surface area contributed by atoms with E-state index in [4.69, 9.17) is 9.26 Å². The summed E-state index contributed by atoms with van der Waals surface area (Å²) in [5, 5.41) is 3.86. The number of imidazole rings is 1. The van der Waals surface area contributed by atoms with Crippen molar-refractivity contribution in [2.45, 2.75) is 25.4 Å². The molecule has 10 heteroatoms. The van der Waals surface area contributed by atoms with Crippen molar-refractivity contribution in [3.8, 4) is 23.0 Å². The second kappa shape index (κ2) is 7.31. The van der Waals surface area contributed by atoms with Crippen molar-refractivity contribution < 1.29 is 26.8 Å². The summed E-state index contributed by atoms with van der Waals surface area (Å²) in [5.74, 6) is -0.00993. The Bertz CT molecular complexity index is 1210. The molecule has 1 aliphatic rings. The molecule has 0 saturated carbocycles. The molecule has 0 amide bonds. The zero-order chi connectivity index (χ0) is 21.6. The molecule has 0 aliphatic carbocycles. The highest BCUT2D eigenvalue weighted by Gasteiger charge is 2.30. The third-order valence-corrected chi connectivity index (χ3v) is 5.07. The molecule has 3 heterocycles. The monoisotopic (exact) mass is 430 g/mol. The lowest BCUT2D eigenvalue weighted by Crippen LogP contribution is -2.20. The predicted octanol–water partition coefficient (Wildman–Crippen LogP) is 5.03. The normalized spacial score (nSPS) is 16.3. The molecular weight excluding hydrogens is 416 g/mol. The molecule has 0 saturated heterocycles. The van der Waals surface area contributed by atoms with E-state index in [1.54, 1.807) is 18.5 Å².